The molecule has 0 aliphatic rings. The number of hydrogen-bond acceptors (Lipinski definition) is 4. The van der Waals surface area contributed by atoms with Gasteiger partial charge in [0.15, 0.2) is 5.69 Å². The van der Waals surface area contributed by atoms with E-state index in [0.29, 0.717) is 18.7 Å². The molecule has 0 saturated heterocycles. The van der Waals surface area contributed by atoms with Gasteiger partial charge in [0.05, 0.1) is 17.7 Å². The number of ether oxygens (including phenoxy) is 1. The smallest absolute Gasteiger partial charge is 0.272 e. The van der Waals surface area contributed by atoms with Crippen LogP contribution in [-0.2, 0) is 4.74 Å². The SMILES string of the molecule is COCC(C)(CCO)NC(=O)c1n[nH]c2ccc(C)cc12. The number of carbonyl (C=O) groups is 1. The fraction of sp³-hybridized carbons (Fsp3) is 0.467. The van der Waals surface area contributed by atoms with E-state index in [-0.39, 0.29) is 12.5 Å². The Labute approximate surface area is 123 Å². The van der Waals surface area contributed by atoms with Crippen molar-refractivity contribution in [2.75, 3.05) is 20.3 Å². The first-order chi connectivity index (χ1) is 9.99. The van der Waals surface area contributed by atoms with Crippen molar-refractivity contribution in [3.05, 3.63) is 29.5 Å². The lowest BCUT2D eigenvalue weighted by molar-refractivity contribution is 0.0723. The number of amides is 1. The van der Waals surface area contributed by atoms with Crippen LogP contribution in [0.4, 0.5) is 0 Å². The van der Waals surface area contributed by atoms with Crippen LogP contribution >= 0.6 is 0 Å². The van der Waals surface area contributed by atoms with Crippen molar-refractivity contribution in [2.45, 2.75) is 25.8 Å². The van der Waals surface area contributed by atoms with Crippen molar-refractivity contribution >= 4 is 16.8 Å². The summed E-state index contributed by atoms with van der Waals surface area (Å²) in [4.78, 5) is 12.5. The van der Waals surface area contributed by atoms with E-state index in [9.17, 15) is 4.79 Å². The molecule has 1 aromatic heterocycles. The van der Waals surface area contributed by atoms with E-state index < -0.39 is 5.54 Å². The number of rotatable bonds is 6. The molecule has 1 amide bonds. The summed E-state index contributed by atoms with van der Waals surface area (Å²) < 4.78 is 5.13. The molecule has 1 heterocycles. The molecule has 0 fully saturated rings. The van der Waals surface area contributed by atoms with Gasteiger partial charge in [0.2, 0.25) is 0 Å². The summed E-state index contributed by atoms with van der Waals surface area (Å²) in [6, 6.07) is 5.78. The summed E-state index contributed by atoms with van der Waals surface area (Å²) in [7, 11) is 1.56. The first-order valence-corrected chi connectivity index (χ1v) is 6.86. The number of aliphatic hydroxyl groups is 1. The van der Waals surface area contributed by atoms with Crippen LogP contribution in [0, 0.1) is 6.92 Å². The highest BCUT2D eigenvalue weighted by atomic mass is 16.5. The molecule has 0 aliphatic heterocycles. The van der Waals surface area contributed by atoms with Crippen LogP contribution < -0.4 is 5.32 Å². The first kappa shape index (κ1) is 15.5. The monoisotopic (exact) mass is 291 g/mol. The maximum absolute atomic E-state index is 12.5. The van der Waals surface area contributed by atoms with Gasteiger partial charge < -0.3 is 15.2 Å². The second kappa shape index (κ2) is 6.24. The Morgan fingerprint density at radius 1 is 1.52 bits per heavy atom. The fourth-order valence-corrected chi connectivity index (χ4v) is 2.37. The Bertz CT molecular complexity index is 630. The van der Waals surface area contributed by atoms with Gasteiger partial charge in [-0.15, -0.1) is 0 Å². The summed E-state index contributed by atoms with van der Waals surface area (Å²) in [5.41, 5.74) is 1.61. The maximum Gasteiger partial charge on any atom is 0.272 e. The molecule has 2 rings (SSSR count). The zero-order valence-corrected chi connectivity index (χ0v) is 12.6. The molecule has 1 atom stereocenters. The molecular formula is C15H21N3O3. The number of aromatic amines is 1. The molecule has 114 valence electrons. The summed E-state index contributed by atoms with van der Waals surface area (Å²) in [5, 5.41) is 19.8. The molecule has 6 heteroatoms. The van der Waals surface area contributed by atoms with Crippen LogP contribution in [-0.4, -0.2) is 47.1 Å². The first-order valence-electron chi connectivity index (χ1n) is 6.86. The van der Waals surface area contributed by atoms with Crippen LogP contribution in [0.5, 0.6) is 0 Å². The Morgan fingerprint density at radius 2 is 2.29 bits per heavy atom. The van der Waals surface area contributed by atoms with Gasteiger partial charge in [-0.05, 0) is 32.4 Å². The quantitative estimate of drug-likeness (QED) is 0.750. The van der Waals surface area contributed by atoms with Crippen molar-refractivity contribution in [1.82, 2.24) is 15.5 Å². The van der Waals surface area contributed by atoms with Gasteiger partial charge in [-0.3, -0.25) is 9.89 Å². The molecule has 0 saturated carbocycles. The number of nitrogens with one attached hydrogen (secondary N) is 2. The highest BCUT2D eigenvalue weighted by molar-refractivity contribution is 6.05. The highest BCUT2D eigenvalue weighted by Crippen LogP contribution is 2.19. The van der Waals surface area contributed by atoms with E-state index in [1.165, 1.54) is 0 Å². The second-order valence-electron chi connectivity index (χ2n) is 5.54. The minimum atomic E-state index is -0.629. The van der Waals surface area contributed by atoms with E-state index in [4.69, 9.17) is 9.84 Å². The third kappa shape index (κ3) is 3.40. The highest BCUT2D eigenvalue weighted by Gasteiger charge is 2.28. The summed E-state index contributed by atoms with van der Waals surface area (Å²) in [5.74, 6) is -0.278. The number of carbonyl (C=O) groups excluding carboxylic acids is 1. The molecular weight excluding hydrogens is 270 g/mol. The number of benzene rings is 1. The number of fused-ring (bicyclic) bond motifs is 1. The van der Waals surface area contributed by atoms with Crippen molar-refractivity contribution in [3.8, 4) is 0 Å². The Hall–Kier alpha value is -1.92. The maximum atomic E-state index is 12.5. The number of aliphatic hydroxyl groups excluding tert-OH is 1. The van der Waals surface area contributed by atoms with E-state index in [2.05, 4.69) is 15.5 Å². The van der Waals surface area contributed by atoms with E-state index in [0.717, 1.165) is 16.5 Å². The Kier molecular flexibility index (Phi) is 4.59. The van der Waals surface area contributed by atoms with E-state index in [1.807, 2.05) is 32.0 Å². The molecule has 1 unspecified atom stereocenters. The molecule has 0 bridgehead atoms. The average molecular weight is 291 g/mol. The van der Waals surface area contributed by atoms with Gasteiger partial charge >= 0.3 is 0 Å². The molecule has 1 aromatic carbocycles. The third-order valence-electron chi connectivity index (χ3n) is 3.48. The van der Waals surface area contributed by atoms with Crippen molar-refractivity contribution in [3.63, 3.8) is 0 Å². The Morgan fingerprint density at radius 3 is 2.95 bits per heavy atom. The second-order valence-corrected chi connectivity index (χ2v) is 5.54. The minimum Gasteiger partial charge on any atom is -0.396 e. The van der Waals surface area contributed by atoms with E-state index in [1.54, 1.807) is 7.11 Å². The number of aromatic nitrogens is 2. The molecule has 0 radical (unpaired) electrons. The lowest BCUT2D eigenvalue weighted by Gasteiger charge is -2.29. The zero-order valence-electron chi connectivity index (χ0n) is 12.6. The van der Waals surface area contributed by atoms with Crippen molar-refractivity contribution < 1.29 is 14.6 Å². The Balaban J connectivity index is 2.27. The number of methoxy groups -OCH3 is 1. The molecule has 0 aliphatic carbocycles. The number of H-pyrrole nitrogens is 1. The van der Waals surface area contributed by atoms with Crippen molar-refractivity contribution in [2.24, 2.45) is 0 Å². The van der Waals surface area contributed by atoms with Crippen LogP contribution in [0.2, 0.25) is 0 Å². The van der Waals surface area contributed by atoms with Crippen LogP contribution in [0.3, 0.4) is 0 Å². The largest absolute Gasteiger partial charge is 0.396 e. The summed E-state index contributed by atoms with van der Waals surface area (Å²) >= 11 is 0. The molecule has 2 aromatic rings. The van der Waals surface area contributed by atoms with Gasteiger partial charge in [-0.1, -0.05) is 11.6 Å². The lowest BCUT2D eigenvalue weighted by Crippen LogP contribution is -2.50. The number of aryl methyl sites for hydroxylation is 1. The summed E-state index contributed by atoms with van der Waals surface area (Å²) in [6.07, 6.45) is 0.411. The summed E-state index contributed by atoms with van der Waals surface area (Å²) in [6.45, 7) is 4.10. The zero-order chi connectivity index (χ0) is 15.5. The average Bonchev–Trinajstić information content (AvgIpc) is 2.81. The van der Waals surface area contributed by atoms with E-state index >= 15 is 0 Å². The van der Waals surface area contributed by atoms with Crippen molar-refractivity contribution in [1.29, 1.82) is 0 Å². The third-order valence-corrected chi connectivity index (χ3v) is 3.48. The predicted octanol–water partition coefficient (Wildman–Crippen LogP) is 1.39. The molecule has 0 spiro atoms. The van der Waals surface area contributed by atoms with Crippen LogP contribution in [0.15, 0.2) is 18.2 Å². The molecule has 6 nitrogen and oxygen atoms in total. The van der Waals surface area contributed by atoms with Gasteiger partial charge in [-0.2, -0.15) is 5.10 Å². The fourth-order valence-electron chi connectivity index (χ4n) is 2.37. The van der Waals surface area contributed by atoms with Crippen LogP contribution in [0.25, 0.3) is 10.9 Å². The van der Waals surface area contributed by atoms with Gasteiger partial charge in [0, 0.05) is 19.1 Å². The minimum absolute atomic E-state index is 0.0272. The number of hydrogen-bond donors (Lipinski definition) is 3. The lowest BCUT2D eigenvalue weighted by atomic mass is 9.99. The topological polar surface area (TPSA) is 87.2 Å². The molecule has 21 heavy (non-hydrogen) atoms. The number of nitrogens with zero attached hydrogens (tertiary/aromatic N) is 1. The van der Waals surface area contributed by atoms with Crippen LogP contribution in [0.1, 0.15) is 29.4 Å². The van der Waals surface area contributed by atoms with Gasteiger partial charge in [0.25, 0.3) is 5.91 Å². The standard InChI is InChI=1S/C15H21N3O3/c1-10-4-5-12-11(8-10)13(18-17-12)14(20)16-15(2,6-7-19)9-21-3/h4-5,8,19H,6-7,9H2,1-3H3,(H,16,20)(H,17,18). The van der Waals surface area contributed by atoms with Gasteiger partial charge in [0.1, 0.15) is 0 Å². The molecule has 3 N–H and O–H groups in total. The predicted molar refractivity (Wildman–Crippen MR) is 80.3 cm³/mol. The van der Waals surface area contributed by atoms with Gasteiger partial charge in [-0.25, -0.2) is 0 Å². The normalized spacial score (nSPS) is 14.1.